The molecule has 2 N–H and O–H groups in total. The van der Waals surface area contributed by atoms with Gasteiger partial charge in [-0.05, 0) is 6.92 Å². The van der Waals surface area contributed by atoms with Gasteiger partial charge in [-0.2, -0.15) is 0 Å². The number of hydroxylamine groups is 1. The summed E-state index contributed by atoms with van der Waals surface area (Å²) in [5.41, 5.74) is 1.57. The molecule has 0 aliphatic heterocycles. The molecule has 0 radical (unpaired) electrons. The van der Waals surface area contributed by atoms with Gasteiger partial charge in [-0.15, -0.1) is 5.48 Å². The van der Waals surface area contributed by atoms with E-state index in [2.05, 4.69) is 11.4 Å². The molecule has 0 fully saturated rings. The van der Waals surface area contributed by atoms with Gasteiger partial charge in [0.2, 0.25) is 0 Å². The van der Waals surface area contributed by atoms with E-state index in [1.807, 2.05) is 0 Å². The van der Waals surface area contributed by atoms with Crippen molar-refractivity contribution in [2.75, 3.05) is 0 Å². The maximum Gasteiger partial charge on any atom is 0.438 e. The van der Waals surface area contributed by atoms with Crippen molar-refractivity contribution in [1.29, 1.82) is 0 Å². The molecule has 0 saturated carbocycles. The number of amides is 1. The fourth-order valence-electron chi connectivity index (χ4n) is 0.177. The maximum atomic E-state index is 10.4. The zero-order chi connectivity index (χ0) is 8.15. The van der Waals surface area contributed by atoms with Gasteiger partial charge in [-0.25, -0.2) is 9.59 Å². The lowest BCUT2D eigenvalue weighted by Crippen LogP contribution is -2.25. The van der Waals surface area contributed by atoms with Crippen molar-refractivity contribution in [1.82, 2.24) is 5.48 Å². The van der Waals surface area contributed by atoms with Gasteiger partial charge in [0.15, 0.2) is 0 Å². The van der Waals surface area contributed by atoms with E-state index in [9.17, 15) is 9.59 Å². The molecule has 0 unspecified atom stereocenters. The predicted octanol–water partition coefficient (Wildman–Crippen LogP) is 0.288. The van der Waals surface area contributed by atoms with Gasteiger partial charge in [-0.1, -0.05) is 6.58 Å². The number of rotatable bonds is 1. The Morgan fingerprint density at radius 2 is 2.10 bits per heavy atom. The standard InChI is InChI=1S/C5H7NO4/c1-3(2)4(7)10-6-5(8)9/h6H,1H2,2H3,(H,8,9). The Hall–Kier alpha value is -1.52. The Kier molecular flexibility index (Phi) is 2.96. The molecule has 0 heterocycles. The molecule has 1 amide bonds. The molecule has 0 aliphatic carbocycles. The van der Waals surface area contributed by atoms with Gasteiger partial charge in [0, 0.05) is 5.57 Å². The Morgan fingerprint density at radius 1 is 1.60 bits per heavy atom. The van der Waals surface area contributed by atoms with Gasteiger partial charge in [0.1, 0.15) is 0 Å². The van der Waals surface area contributed by atoms with E-state index >= 15 is 0 Å². The van der Waals surface area contributed by atoms with Crippen LogP contribution in [0.25, 0.3) is 0 Å². The highest BCUT2D eigenvalue weighted by Crippen LogP contribution is 1.87. The molecule has 0 aliphatic rings. The quantitative estimate of drug-likeness (QED) is 0.410. The minimum absolute atomic E-state index is 0.133. The molecule has 0 spiro atoms. The zero-order valence-corrected chi connectivity index (χ0v) is 5.38. The first kappa shape index (κ1) is 8.48. The summed E-state index contributed by atoms with van der Waals surface area (Å²) in [6, 6.07) is 0. The van der Waals surface area contributed by atoms with Crippen molar-refractivity contribution in [2.24, 2.45) is 0 Å². The van der Waals surface area contributed by atoms with Gasteiger partial charge < -0.3 is 9.94 Å². The maximum absolute atomic E-state index is 10.4. The molecule has 0 aromatic heterocycles. The van der Waals surface area contributed by atoms with Crippen LogP contribution in [0.1, 0.15) is 6.92 Å². The lowest BCUT2D eigenvalue weighted by atomic mass is 10.4. The minimum atomic E-state index is -1.42. The van der Waals surface area contributed by atoms with E-state index < -0.39 is 12.1 Å². The number of carboxylic acid groups (broad SMARTS) is 1. The highest BCUT2D eigenvalue weighted by Gasteiger charge is 2.03. The predicted molar refractivity (Wildman–Crippen MR) is 32.1 cm³/mol. The first-order valence-corrected chi connectivity index (χ1v) is 2.39. The molecule has 5 nitrogen and oxygen atoms in total. The molecule has 0 atom stereocenters. The highest BCUT2D eigenvalue weighted by atomic mass is 16.7. The molecule has 56 valence electrons. The third-order valence-corrected chi connectivity index (χ3v) is 0.580. The van der Waals surface area contributed by atoms with E-state index in [1.165, 1.54) is 12.4 Å². The molecule has 5 heteroatoms. The van der Waals surface area contributed by atoms with Crippen LogP contribution in [0.2, 0.25) is 0 Å². The fraction of sp³-hybridized carbons (Fsp3) is 0.200. The van der Waals surface area contributed by atoms with Crippen LogP contribution in [0.15, 0.2) is 12.2 Å². The number of nitrogens with one attached hydrogen (secondary N) is 1. The Morgan fingerprint density at radius 3 is 2.40 bits per heavy atom. The van der Waals surface area contributed by atoms with Crippen molar-refractivity contribution in [3.63, 3.8) is 0 Å². The average molecular weight is 145 g/mol. The summed E-state index contributed by atoms with van der Waals surface area (Å²) < 4.78 is 0. The lowest BCUT2D eigenvalue weighted by molar-refractivity contribution is -0.144. The van der Waals surface area contributed by atoms with Crippen LogP contribution in [-0.4, -0.2) is 17.2 Å². The molecule has 10 heavy (non-hydrogen) atoms. The van der Waals surface area contributed by atoms with E-state index in [-0.39, 0.29) is 5.57 Å². The van der Waals surface area contributed by atoms with Crippen LogP contribution in [0.5, 0.6) is 0 Å². The molecule has 0 bridgehead atoms. The smallest absolute Gasteiger partial charge is 0.438 e. The summed E-state index contributed by atoms with van der Waals surface area (Å²) in [5, 5.41) is 7.93. The Bertz CT molecular complexity index is 174. The molecule has 0 saturated heterocycles. The molecule has 0 aromatic carbocycles. The van der Waals surface area contributed by atoms with Gasteiger partial charge in [0.25, 0.3) is 0 Å². The van der Waals surface area contributed by atoms with Crippen molar-refractivity contribution >= 4 is 12.1 Å². The number of carbonyl (C=O) groups is 2. The van der Waals surface area contributed by atoms with Crippen molar-refractivity contribution in [3.8, 4) is 0 Å². The number of hydrogen-bond acceptors (Lipinski definition) is 3. The first-order valence-electron chi connectivity index (χ1n) is 2.39. The lowest BCUT2D eigenvalue weighted by Gasteiger charge is -1.99. The molecule has 0 rings (SSSR count). The van der Waals surface area contributed by atoms with Gasteiger partial charge in [0.05, 0.1) is 0 Å². The summed E-state index contributed by atoms with van der Waals surface area (Å²) in [4.78, 5) is 24.1. The fourth-order valence-corrected chi connectivity index (χ4v) is 0.177. The second kappa shape index (κ2) is 3.49. The monoisotopic (exact) mass is 145 g/mol. The summed E-state index contributed by atoms with van der Waals surface area (Å²) in [7, 11) is 0. The summed E-state index contributed by atoms with van der Waals surface area (Å²) in [6.45, 7) is 4.63. The van der Waals surface area contributed by atoms with E-state index in [0.29, 0.717) is 0 Å². The second-order valence-corrected chi connectivity index (χ2v) is 1.58. The van der Waals surface area contributed by atoms with Crippen molar-refractivity contribution < 1.29 is 19.5 Å². The van der Waals surface area contributed by atoms with Crippen LogP contribution >= 0.6 is 0 Å². The number of hydrogen-bond donors (Lipinski definition) is 2. The average Bonchev–Trinajstić information content (AvgIpc) is 1.82. The van der Waals surface area contributed by atoms with Crippen LogP contribution in [0.4, 0.5) is 4.79 Å². The third-order valence-electron chi connectivity index (χ3n) is 0.580. The van der Waals surface area contributed by atoms with Crippen LogP contribution < -0.4 is 5.48 Å². The van der Waals surface area contributed by atoms with Crippen molar-refractivity contribution in [2.45, 2.75) is 6.92 Å². The van der Waals surface area contributed by atoms with E-state index in [0.717, 1.165) is 0 Å². The normalized spacial score (nSPS) is 8.10. The summed E-state index contributed by atoms with van der Waals surface area (Å²) in [6.07, 6.45) is -1.42. The number of carbonyl (C=O) groups excluding carboxylic acids is 1. The summed E-state index contributed by atoms with van der Waals surface area (Å²) >= 11 is 0. The third kappa shape index (κ3) is 3.48. The van der Waals surface area contributed by atoms with Crippen LogP contribution in [-0.2, 0) is 9.63 Å². The topological polar surface area (TPSA) is 75.6 Å². The Balaban J connectivity index is 3.60. The van der Waals surface area contributed by atoms with Gasteiger partial charge >= 0.3 is 12.1 Å². The molecular weight excluding hydrogens is 138 g/mol. The minimum Gasteiger partial charge on any atom is -0.463 e. The second-order valence-electron chi connectivity index (χ2n) is 1.58. The van der Waals surface area contributed by atoms with E-state index in [4.69, 9.17) is 5.11 Å². The van der Waals surface area contributed by atoms with Crippen LogP contribution in [0, 0.1) is 0 Å². The molecular formula is C5H7NO4. The van der Waals surface area contributed by atoms with E-state index in [1.54, 1.807) is 0 Å². The zero-order valence-electron chi connectivity index (χ0n) is 5.38. The van der Waals surface area contributed by atoms with Gasteiger partial charge in [-0.3, -0.25) is 0 Å². The largest absolute Gasteiger partial charge is 0.463 e. The first-order chi connectivity index (χ1) is 4.54. The molecule has 0 aromatic rings. The highest BCUT2D eigenvalue weighted by molar-refractivity contribution is 5.87. The summed E-state index contributed by atoms with van der Waals surface area (Å²) in [5.74, 6) is -0.789. The van der Waals surface area contributed by atoms with Crippen molar-refractivity contribution in [3.05, 3.63) is 12.2 Å². The van der Waals surface area contributed by atoms with Crippen LogP contribution in [0.3, 0.4) is 0 Å². The SMILES string of the molecule is C=C(C)C(=O)ONC(=O)O. The Labute approximate surface area is 57.2 Å².